The van der Waals surface area contributed by atoms with E-state index in [-0.39, 0.29) is 24.0 Å². The molecule has 0 aromatic heterocycles. The number of hydrogen-bond donors (Lipinski definition) is 2. The normalized spacial score (nSPS) is 27.1. The average Bonchev–Trinajstić information content (AvgIpc) is 2.70. The second-order valence-electron chi connectivity index (χ2n) is 9.03. The van der Waals surface area contributed by atoms with Crippen LogP contribution in [0.25, 0.3) is 0 Å². The highest BCUT2D eigenvalue weighted by Crippen LogP contribution is 2.36. The van der Waals surface area contributed by atoms with Crippen molar-refractivity contribution in [1.82, 2.24) is 20.4 Å². The summed E-state index contributed by atoms with van der Waals surface area (Å²) in [6.07, 6.45) is 9.45. The van der Waals surface area contributed by atoms with Crippen LogP contribution >= 0.6 is 24.0 Å². The topological polar surface area (TPSA) is 52.1 Å². The molecule has 3 rings (SSSR count). The van der Waals surface area contributed by atoms with Gasteiger partial charge in [-0.15, -0.1) is 24.0 Å². The SMILES string of the molecule is CN=C(NCC1CCCN(C)C1)NCC1(CN2CCOCC2)CCCCC1.I. The average molecular weight is 508 g/mol. The van der Waals surface area contributed by atoms with Gasteiger partial charge in [-0.25, -0.2) is 0 Å². The monoisotopic (exact) mass is 507 g/mol. The van der Waals surface area contributed by atoms with E-state index in [1.54, 1.807) is 0 Å². The first kappa shape index (κ1) is 24.2. The third-order valence-corrected chi connectivity index (χ3v) is 6.71. The Hall–Kier alpha value is -0.120. The van der Waals surface area contributed by atoms with E-state index in [9.17, 15) is 0 Å². The van der Waals surface area contributed by atoms with Crippen molar-refractivity contribution in [3.05, 3.63) is 0 Å². The van der Waals surface area contributed by atoms with Crippen LogP contribution in [0.4, 0.5) is 0 Å². The van der Waals surface area contributed by atoms with Crippen molar-refractivity contribution < 1.29 is 4.74 Å². The van der Waals surface area contributed by atoms with Crippen LogP contribution in [0.3, 0.4) is 0 Å². The lowest BCUT2D eigenvalue weighted by Gasteiger charge is -2.42. The van der Waals surface area contributed by atoms with Gasteiger partial charge in [0, 0.05) is 51.7 Å². The molecular weight excluding hydrogens is 465 g/mol. The quantitative estimate of drug-likeness (QED) is 0.329. The first-order chi connectivity index (χ1) is 13.2. The van der Waals surface area contributed by atoms with Crippen molar-refractivity contribution in [3.63, 3.8) is 0 Å². The summed E-state index contributed by atoms with van der Waals surface area (Å²) in [6, 6.07) is 0. The van der Waals surface area contributed by atoms with E-state index in [1.165, 1.54) is 64.6 Å². The number of likely N-dealkylation sites (tertiary alicyclic amines) is 1. The summed E-state index contributed by atoms with van der Waals surface area (Å²) in [4.78, 5) is 9.57. The fourth-order valence-corrected chi connectivity index (χ4v) is 5.10. The summed E-state index contributed by atoms with van der Waals surface area (Å²) in [6.45, 7) is 9.67. The van der Waals surface area contributed by atoms with Crippen molar-refractivity contribution in [2.45, 2.75) is 44.9 Å². The molecule has 0 radical (unpaired) electrons. The number of morpholine rings is 1. The smallest absolute Gasteiger partial charge is 0.191 e. The molecule has 2 saturated heterocycles. The zero-order chi connectivity index (χ0) is 19.0. The minimum absolute atomic E-state index is 0. The van der Waals surface area contributed by atoms with Gasteiger partial charge < -0.3 is 20.3 Å². The predicted molar refractivity (Wildman–Crippen MR) is 128 cm³/mol. The maximum absolute atomic E-state index is 5.54. The first-order valence-electron chi connectivity index (χ1n) is 11.1. The summed E-state index contributed by atoms with van der Waals surface area (Å²) in [7, 11) is 4.13. The summed E-state index contributed by atoms with van der Waals surface area (Å²) >= 11 is 0. The molecule has 2 N–H and O–H groups in total. The van der Waals surface area contributed by atoms with E-state index < -0.39 is 0 Å². The minimum atomic E-state index is 0. The molecule has 1 unspecified atom stereocenters. The van der Waals surface area contributed by atoms with E-state index >= 15 is 0 Å². The lowest BCUT2D eigenvalue weighted by atomic mass is 9.73. The molecule has 3 aliphatic rings. The Morgan fingerprint density at radius 2 is 1.82 bits per heavy atom. The number of nitrogens with one attached hydrogen (secondary N) is 2. The van der Waals surface area contributed by atoms with Crippen molar-refractivity contribution in [2.75, 3.05) is 73.1 Å². The van der Waals surface area contributed by atoms with Crippen LogP contribution in [0.15, 0.2) is 4.99 Å². The fourth-order valence-electron chi connectivity index (χ4n) is 5.10. The lowest BCUT2D eigenvalue weighted by Crippen LogP contribution is -2.51. The fraction of sp³-hybridized carbons (Fsp3) is 0.952. The number of aliphatic imine (C=N–C) groups is 1. The Balaban J connectivity index is 0.00000280. The van der Waals surface area contributed by atoms with Gasteiger partial charge in [-0.3, -0.25) is 9.89 Å². The lowest BCUT2D eigenvalue weighted by molar-refractivity contribution is 0.00820. The molecule has 1 saturated carbocycles. The Morgan fingerprint density at radius 1 is 1.07 bits per heavy atom. The molecule has 3 fully saturated rings. The zero-order valence-electron chi connectivity index (χ0n) is 18.0. The number of hydrogen-bond acceptors (Lipinski definition) is 4. The van der Waals surface area contributed by atoms with E-state index in [4.69, 9.17) is 4.74 Å². The van der Waals surface area contributed by atoms with E-state index in [0.717, 1.165) is 51.3 Å². The maximum Gasteiger partial charge on any atom is 0.191 e. The Labute approximate surface area is 189 Å². The number of halogens is 1. The van der Waals surface area contributed by atoms with Gasteiger partial charge in [-0.05, 0) is 45.2 Å². The van der Waals surface area contributed by atoms with Gasteiger partial charge in [0.1, 0.15) is 0 Å². The van der Waals surface area contributed by atoms with Crippen LogP contribution in [-0.2, 0) is 4.74 Å². The second-order valence-corrected chi connectivity index (χ2v) is 9.03. The molecule has 0 bridgehead atoms. The van der Waals surface area contributed by atoms with Crippen LogP contribution in [0.1, 0.15) is 44.9 Å². The van der Waals surface area contributed by atoms with Crippen LogP contribution in [-0.4, -0.2) is 88.9 Å². The second kappa shape index (κ2) is 12.5. The predicted octanol–water partition coefficient (Wildman–Crippen LogP) is 2.39. The van der Waals surface area contributed by atoms with Gasteiger partial charge in [0.05, 0.1) is 13.2 Å². The van der Waals surface area contributed by atoms with Gasteiger partial charge in [0.2, 0.25) is 0 Å². The van der Waals surface area contributed by atoms with Crippen molar-refractivity contribution in [1.29, 1.82) is 0 Å². The van der Waals surface area contributed by atoms with Crippen LogP contribution in [0.5, 0.6) is 0 Å². The number of guanidine groups is 1. The zero-order valence-corrected chi connectivity index (χ0v) is 20.4. The van der Waals surface area contributed by atoms with Crippen LogP contribution in [0, 0.1) is 11.3 Å². The van der Waals surface area contributed by atoms with Crippen molar-refractivity contribution in [2.24, 2.45) is 16.3 Å². The number of nitrogens with zero attached hydrogens (tertiary/aromatic N) is 3. The summed E-state index contributed by atoms with van der Waals surface area (Å²) in [5, 5.41) is 7.29. The molecule has 1 aliphatic carbocycles. The van der Waals surface area contributed by atoms with Crippen molar-refractivity contribution >= 4 is 29.9 Å². The number of piperidine rings is 1. The van der Waals surface area contributed by atoms with Gasteiger partial charge in [0.25, 0.3) is 0 Å². The molecule has 2 aliphatic heterocycles. The molecule has 0 amide bonds. The molecule has 1 atom stereocenters. The highest BCUT2D eigenvalue weighted by molar-refractivity contribution is 14.0. The standard InChI is InChI=1S/C21H41N5O.HI/c1-22-20(23-15-19-7-6-10-25(2)16-19)24-17-21(8-4-3-5-9-21)18-26-11-13-27-14-12-26;/h19H,3-18H2,1-2H3,(H2,22,23,24);1H. The maximum atomic E-state index is 5.54. The molecule has 7 heteroatoms. The molecule has 6 nitrogen and oxygen atoms in total. The Kier molecular flexibility index (Phi) is 10.8. The molecule has 2 heterocycles. The molecule has 28 heavy (non-hydrogen) atoms. The highest BCUT2D eigenvalue weighted by Gasteiger charge is 2.34. The van der Waals surface area contributed by atoms with Crippen LogP contribution < -0.4 is 10.6 Å². The third kappa shape index (κ3) is 7.61. The van der Waals surface area contributed by atoms with Gasteiger partial charge in [0.15, 0.2) is 5.96 Å². The largest absolute Gasteiger partial charge is 0.379 e. The van der Waals surface area contributed by atoms with Gasteiger partial charge >= 0.3 is 0 Å². The van der Waals surface area contributed by atoms with Crippen LogP contribution in [0.2, 0.25) is 0 Å². The molecule has 0 aromatic carbocycles. The van der Waals surface area contributed by atoms with Gasteiger partial charge in [-0.1, -0.05) is 19.3 Å². The molecule has 164 valence electrons. The number of ether oxygens (including phenoxy) is 1. The van der Waals surface area contributed by atoms with E-state index in [1.807, 2.05) is 7.05 Å². The Morgan fingerprint density at radius 3 is 2.50 bits per heavy atom. The van der Waals surface area contributed by atoms with Crippen molar-refractivity contribution in [3.8, 4) is 0 Å². The molecule has 0 aromatic rings. The highest BCUT2D eigenvalue weighted by atomic mass is 127. The van der Waals surface area contributed by atoms with Gasteiger partial charge in [-0.2, -0.15) is 0 Å². The molecular formula is C21H42IN5O. The Bertz CT molecular complexity index is 464. The summed E-state index contributed by atoms with van der Waals surface area (Å²) in [5.74, 6) is 1.72. The van der Waals surface area contributed by atoms with E-state index in [2.05, 4.69) is 32.5 Å². The first-order valence-corrected chi connectivity index (χ1v) is 11.1. The minimum Gasteiger partial charge on any atom is -0.379 e. The summed E-state index contributed by atoms with van der Waals surface area (Å²) < 4.78 is 5.54. The summed E-state index contributed by atoms with van der Waals surface area (Å²) in [5.41, 5.74) is 0.387. The van der Waals surface area contributed by atoms with E-state index in [0.29, 0.717) is 5.41 Å². The molecule has 0 spiro atoms. The third-order valence-electron chi connectivity index (χ3n) is 6.71. The number of rotatable bonds is 6.